The smallest absolute Gasteiger partial charge is 0.137 e. The Hall–Kier alpha value is -8.14. The van der Waals surface area contributed by atoms with Crippen LogP contribution in [0.25, 0.3) is 93.6 Å². The molecule has 3 nitrogen and oxygen atoms in total. The number of furan rings is 1. The van der Waals surface area contributed by atoms with E-state index >= 15 is 0 Å². The van der Waals surface area contributed by atoms with E-state index < -0.39 is 0 Å². The van der Waals surface area contributed by atoms with Gasteiger partial charge in [0.15, 0.2) is 0 Å². The lowest BCUT2D eigenvalue weighted by Crippen LogP contribution is -2.14. The lowest BCUT2D eigenvalue weighted by Gasteiger charge is -2.26. The zero-order valence-electron chi connectivity index (χ0n) is 35.6. The van der Waals surface area contributed by atoms with E-state index in [4.69, 9.17) is 4.42 Å². The molecule has 0 saturated heterocycles. The molecule has 0 aliphatic heterocycles. The second-order valence-corrected chi connectivity index (χ2v) is 17.7. The van der Waals surface area contributed by atoms with Gasteiger partial charge in [-0.15, -0.1) is 0 Å². The molecule has 0 spiro atoms. The van der Waals surface area contributed by atoms with Crippen LogP contribution in [0, 0.1) is 0 Å². The molecule has 0 amide bonds. The molecule has 302 valence electrons. The predicted octanol–water partition coefficient (Wildman–Crippen LogP) is 16.9. The number of nitrogens with zero attached hydrogens (tertiary/aromatic N) is 2. The Morgan fingerprint density at radius 3 is 1.77 bits per heavy atom. The molecule has 10 aromatic carbocycles. The summed E-state index contributed by atoms with van der Waals surface area (Å²) in [7, 11) is 0. The summed E-state index contributed by atoms with van der Waals surface area (Å²) in [6.07, 6.45) is 0. The van der Waals surface area contributed by atoms with Gasteiger partial charge in [-0.25, -0.2) is 0 Å². The third-order valence-corrected chi connectivity index (χ3v) is 13.8. The SMILES string of the molecule is CC1(C)c2ccccc2-c2cc3c4cc(-c5ccc(N(c6ccc(-c7ccccc7)cc6)c6cccc7oc8cc9ccccc9cc8c67)cc5)ccc4n(-c4ccccc4)c3cc21. The van der Waals surface area contributed by atoms with Gasteiger partial charge in [-0.1, -0.05) is 147 Å². The number of rotatable bonds is 6. The average Bonchev–Trinajstić information content (AvgIpc) is 3.95. The van der Waals surface area contributed by atoms with Gasteiger partial charge in [-0.3, -0.25) is 0 Å². The molecule has 0 radical (unpaired) electrons. The Balaban J connectivity index is 0.967. The first kappa shape index (κ1) is 36.5. The van der Waals surface area contributed by atoms with Gasteiger partial charge in [0.25, 0.3) is 0 Å². The molecule has 64 heavy (non-hydrogen) atoms. The Kier molecular flexibility index (Phi) is 7.95. The van der Waals surface area contributed by atoms with Gasteiger partial charge >= 0.3 is 0 Å². The highest BCUT2D eigenvalue weighted by molar-refractivity contribution is 6.17. The summed E-state index contributed by atoms with van der Waals surface area (Å²) in [4.78, 5) is 2.38. The van der Waals surface area contributed by atoms with Crippen LogP contribution in [0.5, 0.6) is 0 Å². The van der Waals surface area contributed by atoms with E-state index in [-0.39, 0.29) is 5.41 Å². The minimum atomic E-state index is -0.0899. The van der Waals surface area contributed by atoms with E-state index in [0.717, 1.165) is 44.6 Å². The van der Waals surface area contributed by atoms with E-state index in [9.17, 15) is 0 Å². The molecule has 0 atom stereocenters. The molecule has 0 unspecified atom stereocenters. The Bertz CT molecular complexity index is 3780. The normalized spacial score (nSPS) is 13.0. The van der Waals surface area contributed by atoms with Crippen LogP contribution in [0.15, 0.2) is 223 Å². The summed E-state index contributed by atoms with van der Waals surface area (Å²) in [6.45, 7) is 4.72. The number of benzene rings is 10. The molecule has 1 aliphatic rings. The number of hydrogen-bond acceptors (Lipinski definition) is 2. The topological polar surface area (TPSA) is 21.3 Å². The van der Waals surface area contributed by atoms with Crippen molar-refractivity contribution in [3.8, 4) is 39.1 Å². The zero-order valence-corrected chi connectivity index (χ0v) is 35.6. The first-order chi connectivity index (χ1) is 31.5. The van der Waals surface area contributed by atoms with Crippen LogP contribution in [0.2, 0.25) is 0 Å². The first-order valence-corrected chi connectivity index (χ1v) is 22.2. The van der Waals surface area contributed by atoms with Crippen LogP contribution in [0.1, 0.15) is 25.0 Å². The summed E-state index contributed by atoms with van der Waals surface area (Å²) in [5.74, 6) is 0. The van der Waals surface area contributed by atoms with Crippen molar-refractivity contribution in [3.05, 3.63) is 230 Å². The van der Waals surface area contributed by atoms with E-state index in [2.05, 4.69) is 242 Å². The highest BCUT2D eigenvalue weighted by Gasteiger charge is 2.36. The second-order valence-electron chi connectivity index (χ2n) is 17.7. The number of para-hydroxylation sites is 1. The summed E-state index contributed by atoms with van der Waals surface area (Å²) in [5.41, 5.74) is 18.6. The summed E-state index contributed by atoms with van der Waals surface area (Å²) >= 11 is 0. The van der Waals surface area contributed by atoms with Crippen LogP contribution in [-0.2, 0) is 5.41 Å². The summed E-state index contributed by atoms with van der Waals surface area (Å²) in [6, 6.07) is 79.6. The molecule has 0 bridgehead atoms. The number of hydrogen-bond donors (Lipinski definition) is 0. The first-order valence-electron chi connectivity index (χ1n) is 22.2. The van der Waals surface area contributed by atoms with Gasteiger partial charge in [-0.05, 0) is 140 Å². The molecule has 2 heterocycles. The zero-order chi connectivity index (χ0) is 42.5. The monoisotopic (exact) mass is 818 g/mol. The minimum Gasteiger partial charge on any atom is -0.456 e. The molecular formula is C61H42N2O. The quantitative estimate of drug-likeness (QED) is 0.167. The fourth-order valence-corrected chi connectivity index (χ4v) is 10.6. The maximum Gasteiger partial charge on any atom is 0.137 e. The molecule has 12 aromatic rings. The summed E-state index contributed by atoms with van der Waals surface area (Å²) in [5, 5.41) is 7.07. The van der Waals surface area contributed by atoms with Crippen LogP contribution in [0.4, 0.5) is 17.1 Å². The van der Waals surface area contributed by atoms with Crippen molar-refractivity contribution in [1.82, 2.24) is 4.57 Å². The highest BCUT2D eigenvalue weighted by atomic mass is 16.3. The lowest BCUT2D eigenvalue weighted by molar-refractivity contribution is 0.661. The highest BCUT2D eigenvalue weighted by Crippen LogP contribution is 2.51. The van der Waals surface area contributed by atoms with Crippen molar-refractivity contribution in [1.29, 1.82) is 0 Å². The van der Waals surface area contributed by atoms with E-state index in [1.807, 2.05) is 0 Å². The maximum absolute atomic E-state index is 6.60. The third kappa shape index (κ3) is 5.54. The molecule has 0 N–H and O–H groups in total. The molecule has 13 rings (SSSR count). The Morgan fingerprint density at radius 2 is 1.02 bits per heavy atom. The fraction of sp³-hybridized carbons (Fsp3) is 0.0492. The molecule has 2 aromatic heterocycles. The Labute approximate surface area is 371 Å². The molecule has 3 heteroatoms. The van der Waals surface area contributed by atoms with Gasteiger partial charge in [0.1, 0.15) is 11.2 Å². The fourth-order valence-electron chi connectivity index (χ4n) is 10.6. The van der Waals surface area contributed by atoms with Crippen LogP contribution < -0.4 is 4.90 Å². The molecular weight excluding hydrogens is 777 g/mol. The number of anilines is 3. The summed E-state index contributed by atoms with van der Waals surface area (Å²) < 4.78 is 9.04. The van der Waals surface area contributed by atoms with E-state index in [1.54, 1.807) is 0 Å². The number of fused-ring (bicyclic) bond motifs is 10. The molecule has 0 fully saturated rings. The van der Waals surface area contributed by atoms with Crippen LogP contribution in [0.3, 0.4) is 0 Å². The van der Waals surface area contributed by atoms with Gasteiger partial charge in [0.05, 0.1) is 22.1 Å². The van der Waals surface area contributed by atoms with Gasteiger partial charge < -0.3 is 13.9 Å². The number of aromatic nitrogens is 1. The van der Waals surface area contributed by atoms with Gasteiger partial charge in [0.2, 0.25) is 0 Å². The molecule has 1 aliphatic carbocycles. The van der Waals surface area contributed by atoms with Gasteiger partial charge in [-0.2, -0.15) is 0 Å². The van der Waals surface area contributed by atoms with Crippen LogP contribution in [-0.4, -0.2) is 4.57 Å². The largest absolute Gasteiger partial charge is 0.456 e. The van der Waals surface area contributed by atoms with Gasteiger partial charge in [0, 0.05) is 38.6 Å². The lowest BCUT2D eigenvalue weighted by atomic mass is 9.82. The predicted molar refractivity (Wildman–Crippen MR) is 269 cm³/mol. The van der Waals surface area contributed by atoms with E-state index in [1.165, 1.54) is 77.2 Å². The van der Waals surface area contributed by atoms with Crippen molar-refractivity contribution in [2.24, 2.45) is 0 Å². The van der Waals surface area contributed by atoms with Crippen LogP contribution >= 0.6 is 0 Å². The van der Waals surface area contributed by atoms with E-state index in [0.29, 0.717) is 0 Å². The minimum absolute atomic E-state index is 0.0899. The van der Waals surface area contributed by atoms with Crippen molar-refractivity contribution in [2.75, 3.05) is 4.90 Å². The average molecular weight is 819 g/mol. The maximum atomic E-state index is 6.60. The van der Waals surface area contributed by atoms with Crippen molar-refractivity contribution >= 4 is 71.6 Å². The van der Waals surface area contributed by atoms with Crippen molar-refractivity contribution < 1.29 is 4.42 Å². The standard InChI is InChI=1S/C61H42N2O/c1-61(2)53-21-12-11-20-48(53)49-37-51-50-34-44(28-33-55(50)63(57(51)38-54(49)61)45-18-7-4-8-19-45)41-26-31-47(32-27-41)62(46-29-24-40(25-30-46)39-14-5-3-6-15-39)56-22-13-23-58-60(56)52-35-42-16-9-10-17-43(42)36-59(52)64-58/h3-38H,1-2H3. The van der Waals surface area contributed by atoms with Crippen molar-refractivity contribution in [3.63, 3.8) is 0 Å². The van der Waals surface area contributed by atoms with Crippen molar-refractivity contribution in [2.45, 2.75) is 19.3 Å². The third-order valence-electron chi connectivity index (χ3n) is 13.8. The Morgan fingerprint density at radius 1 is 0.406 bits per heavy atom. The second kappa shape index (κ2) is 13.9. The molecule has 0 saturated carbocycles.